The molecular weight excluding hydrogens is 188 g/mol. The minimum Gasteiger partial charge on any atom is -0.397 e. The SMILES string of the molecule is Nc1cccn2c(C3CCNC3)ncc12. The lowest BCUT2D eigenvalue weighted by atomic mass is 10.1. The van der Waals surface area contributed by atoms with Gasteiger partial charge < -0.3 is 15.5 Å². The molecule has 1 aliphatic heterocycles. The number of nitrogen functional groups attached to an aromatic ring is 1. The summed E-state index contributed by atoms with van der Waals surface area (Å²) in [5.41, 5.74) is 7.70. The summed E-state index contributed by atoms with van der Waals surface area (Å²) in [5, 5.41) is 3.36. The average Bonchev–Trinajstić information content (AvgIpc) is 2.85. The van der Waals surface area contributed by atoms with E-state index in [1.54, 1.807) is 0 Å². The highest BCUT2D eigenvalue weighted by Crippen LogP contribution is 2.24. The summed E-state index contributed by atoms with van der Waals surface area (Å²) in [6.07, 6.45) is 5.06. The van der Waals surface area contributed by atoms with Crippen molar-refractivity contribution in [3.05, 3.63) is 30.4 Å². The van der Waals surface area contributed by atoms with Crippen molar-refractivity contribution in [1.82, 2.24) is 14.7 Å². The van der Waals surface area contributed by atoms with Crippen molar-refractivity contribution in [1.29, 1.82) is 0 Å². The maximum Gasteiger partial charge on any atom is 0.117 e. The van der Waals surface area contributed by atoms with Crippen LogP contribution in [0.3, 0.4) is 0 Å². The number of aromatic nitrogens is 2. The number of imidazole rings is 1. The molecule has 2 aromatic heterocycles. The smallest absolute Gasteiger partial charge is 0.117 e. The third kappa shape index (κ3) is 1.29. The quantitative estimate of drug-likeness (QED) is 0.725. The predicted molar refractivity (Wildman–Crippen MR) is 59.8 cm³/mol. The molecule has 1 saturated heterocycles. The number of hydrogen-bond acceptors (Lipinski definition) is 3. The maximum atomic E-state index is 5.89. The van der Waals surface area contributed by atoms with E-state index >= 15 is 0 Å². The molecule has 1 fully saturated rings. The van der Waals surface area contributed by atoms with Gasteiger partial charge in [-0.25, -0.2) is 4.98 Å². The van der Waals surface area contributed by atoms with Gasteiger partial charge in [-0.1, -0.05) is 0 Å². The molecule has 1 atom stereocenters. The Balaban J connectivity index is 2.15. The third-order valence-corrected chi connectivity index (χ3v) is 3.06. The zero-order valence-corrected chi connectivity index (χ0v) is 8.48. The Morgan fingerprint density at radius 2 is 2.47 bits per heavy atom. The lowest BCUT2D eigenvalue weighted by Crippen LogP contribution is -2.10. The van der Waals surface area contributed by atoms with Crippen LogP contribution in [-0.4, -0.2) is 22.5 Å². The van der Waals surface area contributed by atoms with E-state index in [-0.39, 0.29) is 0 Å². The van der Waals surface area contributed by atoms with Gasteiger partial charge in [0.25, 0.3) is 0 Å². The number of anilines is 1. The second-order valence-electron chi connectivity index (χ2n) is 4.02. The van der Waals surface area contributed by atoms with Gasteiger partial charge in [0, 0.05) is 18.7 Å². The Kier molecular flexibility index (Phi) is 1.89. The molecule has 4 heteroatoms. The Morgan fingerprint density at radius 3 is 3.27 bits per heavy atom. The molecule has 0 aliphatic carbocycles. The number of nitrogens with zero attached hydrogens (tertiary/aromatic N) is 2. The van der Waals surface area contributed by atoms with Gasteiger partial charge in [-0.3, -0.25) is 0 Å². The molecule has 4 nitrogen and oxygen atoms in total. The third-order valence-electron chi connectivity index (χ3n) is 3.06. The number of fused-ring (bicyclic) bond motifs is 1. The highest BCUT2D eigenvalue weighted by molar-refractivity contribution is 5.68. The molecule has 78 valence electrons. The van der Waals surface area contributed by atoms with E-state index in [2.05, 4.69) is 14.7 Å². The second-order valence-corrected chi connectivity index (χ2v) is 4.02. The summed E-state index contributed by atoms with van der Waals surface area (Å²) in [6.45, 7) is 2.11. The van der Waals surface area contributed by atoms with E-state index in [0.717, 1.165) is 36.5 Å². The highest BCUT2D eigenvalue weighted by atomic mass is 15.0. The standard InChI is InChI=1S/C11H14N4/c12-9-2-1-5-15-10(9)7-14-11(15)8-3-4-13-6-8/h1-2,5,7-8,13H,3-4,6,12H2. The van der Waals surface area contributed by atoms with Crippen molar-refractivity contribution in [2.24, 2.45) is 0 Å². The van der Waals surface area contributed by atoms with E-state index in [4.69, 9.17) is 5.73 Å². The van der Waals surface area contributed by atoms with E-state index < -0.39 is 0 Å². The zero-order chi connectivity index (χ0) is 10.3. The first-order valence-electron chi connectivity index (χ1n) is 5.28. The topological polar surface area (TPSA) is 55.4 Å². The van der Waals surface area contributed by atoms with Crippen molar-refractivity contribution in [3.8, 4) is 0 Å². The first kappa shape index (κ1) is 8.73. The van der Waals surface area contributed by atoms with Crippen LogP contribution in [0.15, 0.2) is 24.5 Å². The Labute approximate surface area is 88.1 Å². The first-order valence-corrected chi connectivity index (χ1v) is 5.28. The fourth-order valence-corrected chi connectivity index (χ4v) is 2.24. The molecule has 0 saturated carbocycles. The largest absolute Gasteiger partial charge is 0.397 e. The van der Waals surface area contributed by atoms with E-state index in [0.29, 0.717) is 5.92 Å². The van der Waals surface area contributed by atoms with E-state index in [1.165, 1.54) is 0 Å². The van der Waals surface area contributed by atoms with Crippen molar-refractivity contribution >= 4 is 11.2 Å². The number of hydrogen-bond donors (Lipinski definition) is 2. The van der Waals surface area contributed by atoms with Gasteiger partial charge in [-0.2, -0.15) is 0 Å². The van der Waals surface area contributed by atoms with Crippen molar-refractivity contribution in [2.75, 3.05) is 18.8 Å². The highest BCUT2D eigenvalue weighted by Gasteiger charge is 2.20. The predicted octanol–water partition coefficient (Wildman–Crippen LogP) is 0.993. The summed E-state index contributed by atoms with van der Waals surface area (Å²) in [5.74, 6) is 1.65. The summed E-state index contributed by atoms with van der Waals surface area (Å²) < 4.78 is 2.10. The van der Waals surface area contributed by atoms with Crippen LogP contribution in [0.4, 0.5) is 5.69 Å². The maximum absolute atomic E-state index is 5.89. The summed E-state index contributed by atoms with van der Waals surface area (Å²) in [6, 6.07) is 3.88. The number of nitrogens with two attached hydrogens (primary N) is 1. The van der Waals surface area contributed by atoms with Gasteiger partial charge >= 0.3 is 0 Å². The first-order chi connectivity index (χ1) is 7.36. The van der Waals surface area contributed by atoms with Crippen LogP contribution in [0.25, 0.3) is 5.52 Å². The lowest BCUT2D eigenvalue weighted by molar-refractivity contribution is 0.699. The van der Waals surface area contributed by atoms with Crippen LogP contribution in [-0.2, 0) is 0 Å². The number of nitrogens with one attached hydrogen (secondary N) is 1. The van der Waals surface area contributed by atoms with Crippen LogP contribution in [0.1, 0.15) is 18.2 Å². The normalized spacial score (nSPS) is 21.2. The molecule has 1 aliphatic rings. The van der Waals surface area contributed by atoms with Crippen LogP contribution in [0, 0.1) is 0 Å². The minimum absolute atomic E-state index is 0.522. The fraction of sp³-hybridized carbons (Fsp3) is 0.364. The fourth-order valence-electron chi connectivity index (χ4n) is 2.24. The van der Waals surface area contributed by atoms with Gasteiger partial charge in [0.05, 0.1) is 17.4 Å². The van der Waals surface area contributed by atoms with Gasteiger partial charge in [-0.15, -0.1) is 0 Å². The summed E-state index contributed by atoms with van der Waals surface area (Å²) >= 11 is 0. The molecular formula is C11H14N4. The van der Waals surface area contributed by atoms with Gasteiger partial charge in [-0.05, 0) is 25.1 Å². The lowest BCUT2D eigenvalue weighted by Gasteiger charge is -2.07. The van der Waals surface area contributed by atoms with Gasteiger partial charge in [0.15, 0.2) is 0 Å². The molecule has 0 aromatic carbocycles. The van der Waals surface area contributed by atoms with Crippen molar-refractivity contribution in [3.63, 3.8) is 0 Å². The Hall–Kier alpha value is -1.55. The average molecular weight is 202 g/mol. The molecule has 0 spiro atoms. The molecule has 0 bridgehead atoms. The summed E-state index contributed by atoms with van der Waals surface area (Å²) in [4.78, 5) is 4.48. The van der Waals surface area contributed by atoms with Crippen LogP contribution < -0.4 is 11.1 Å². The van der Waals surface area contributed by atoms with Crippen LogP contribution >= 0.6 is 0 Å². The van der Waals surface area contributed by atoms with Crippen LogP contribution in [0.5, 0.6) is 0 Å². The van der Waals surface area contributed by atoms with Gasteiger partial charge in [0.2, 0.25) is 0 Å². The zero-order valence-electron chi connectivity index (χ0n) is 8.48. The molecule has 3 rings (SSSR count). The van der Waals surface area contributed by atoms with E-state index in [9.17, 15) is 0 Å². The second kappa shape index (κ2) is 3.24. The monoisotopic (exact) mass is 202 g/mol. The number of pyridine rings is 1. The molecule has 1 unspecified atom stereocenters. The van der Waals surface area contributed by atoms with Crippen LogP contribution in [0.2, 0.25) is 0 Å². The molecule has 3 heterocycles. The Bertz CT molecular complexity index is 482. The Morgan fingerprint density at radius 1 is 1.53 bits per heavy atom. The van der Waals surface area contributed by atoms with Gasteiger partial charge in [0.1, 0.15) is 5.82 Å². The number of rotatable bonds is 1. The molecule has 0 radical (unpaired) electrons. The van der Waals surface area contributed by atoms with Crippen molar-refractivity contribution in [2.45, 2.75) is 12.3 Å². The minimum atomic E-state index is 0.522. The molecule has 3 N–H and O–H groups in total. The molecule has 0 amide bonds. The summed E-state index contributed by atoms with van der Waals surface area (Å²) in [7, 11) is 0. The molecule has 2 aromatic rings. The van der Waals surface area contributed by atoms with E-state index in [1.807, 2.05) is 24.5 Å². The van der Waals surface area contributed by atoms with Crippen molar-refractivity contribution < 1.29 is 0 Å². The molecule has 15 heavy (non-hydrogen) atoms.